The van der Waals surface area contributed by atoms with E-state index in [2.05, 4.69) is 25.7 Å². The van der Waals surface area contributed by atoms with Crippen LogP contribution in [-0.4, -0.2) is 50.6 Å². The van der Waals surface area contributed by atoms with Gasteiger partial charge in [-0.05, 0) is 38.4 Å². The van der Waals surface area contributed by atoms with Crippen LogP contribution in [0.1, 0.15) is 5.56 Å². The molecule has 1 aliphatic heterocycles. The third-order valence-electron chi connectivity index (χ3n) is 4.28. The summed E-state index contributed by atoms with van der Waals surface area (Å²) in [5.41, 5.74) is 1.48. The molecule has 0 aromatic heterocycles. The van der Waals surface area contributed by atoms with Crippen molar-refractivity contribution < 1.29 is 22.7 Å². The average Bonchev–Trinajstić information content (AvgIpc) is 2.71. The minimum atomic E-state index is -3.08. The number of aliphatic imine (C=N–C) groups is 1. The predicted octanol–water partition coefficient (Wildman–Crippen LogP) is 4.38. The Morgan fingerprint density at radius 1 is 1.34 bits per heavy atom. The van der Waals surface area contributed by atoms with Gasteiger partial charge in [-0.25, -0.2) is 9.38 Å². The molecule has 0 spiro atoms. The molecule has 0 unspecified atom stereocenters. The van der Waals surface area contributed by atoms with Crippen LogP contribution in [0.5, 0.6) is 5.75 Å². The molecule has 0 bridgehead atoms. The first kappa shape index (κ1) is 23.4. The lowest BCUT2D eigenvalue weighted by Crippen LogP contribution is -2.23. The summed E-state index contributed by atoms with van der Waals surface area (Å²) in [6, 6.07) is 6.91. The fourth-order valence-corrected chi connectivity index (χ4v) is 3.05. The highest BCUT2D eigenvalue weighted by Crippen LogP contribution is 2.35. The number of hydrogen-bond donors (Lipinski definition) is 3. The zero-order chi connectivity index (χ0) is 23.3. The van der Waals surface area contributed by atoms with E-state index in [9.17, 15) is 18.0 Å². The number of carbonyl (C=O) groups excluding carboxylic acids is 1. The van der Waals surface area contributed by atoms with Gasteiger partial charge in [0, 0.05) is 29.9 Å². The average molecular weight is 468 g/mol. The van der Waals surface area contributed by atoms with E-state index in [1.54, 1.807) is 6.08 Å². The Morgan fingerprint density at radius 3 is 2.81 bits per heavy atom. The van der Waals surface area contributed by atoms with Gasteiger partial charge in [-0.3, -0.25) is 4.79 Å². The molecule has 7 nitrogen and oxygen atoms in total. The quantitative estimate of drug-likeness (QED) is 0.527. The summed E-state index contributed by atoms with van der Waals surface area (Å²) in [7, 11) is 3.69. The Balaban J connectivity index is 1.91. The Kier molecular flexibility index (Phi) is 7.60. The number of nitrogens with one attached hydrogen (secondary N) is 3. The molecule has 0 aliphatic carbocycles. The fraction of sp³-hybridized carbons (Fsp3) is 0.238. The first-order chi connectivity index (χ1) is 15.2. The Labute approximate surface area is 187 Å². The molecular weight excluding hydrogens is 447 g/mol. The highest BCUT2D eigenvalue weighted by atomic mass is 35.5. The molecule has 2 aromatic carbocycles. The summed E-state index contributed by atoms with van der Waals surface area (Å²) in [5.74, 6) is -0.896. The number of nitrogens with zero attached hydrogens (tertiary/aromatic N) is 2. The van der Waals surface area contributed by atoms with E-state index in [0.29, 0.717) is 29.3 Å². The number of anilines is 3. The SMILES string of the molecule is CN(C)C/C=C\C(=O)Nc1cc2c(cc1OC(F)F)NCN=C2Nc1ccc(F)c(Cl)c1. The summed E-state index contributed by atoms with van der Waals surface area (Å²) in [4.78, 5) is 18.5. The molecule has 1 aliphatic rings. The van der Waals surface area contributed by atoms with Crippen molar-refractivity contribution >= 4 is 40.4 Å². The van der Waals surface area contributed by atoms with Crippen LogP contribution in [0, 0.1) is 5.82 Å². The first-order valence-electron chi connectivity index (χ1n) is 9.49. The lowest BCUT2D eigenvalue weighted by molar-refractivity contribution is -0.112. The molecule has 11 heteroatoms. The molecule has 2 aromatic rings. The monoisotopic (exact) mass is 467 g/mol. The van der Waals surface area contributed by atoms with Gasteiger partial charge >= 0.3 is 6.61 Å². The van der Waals surface area contributed by atoms with E-state index in [-0.39, 0.29) is 23.1 Å². The van der Waals surface area contributed by atoms with Crippen LogP contribution in [0.3, 0.4) is 0 Å². The maximum absolute atomic E-state index is 13.4. The number of likely N-dealkylation sites (N-methyl/N-ethyl adjacent to an activating group) is 1. The van der Waals surface area contributed by atoms with E-state index < -0.39 is 18.3 Å². The molecule has 0 radical (unpaired) electrons. The van der Waals surface area contributed by atoms with Crippen LogP contribution in [0.15, 0.2) is 47.5 Å². The number of rotatable bonds is 7. The smallest absolute Gasteiger partial charge is 0.387 e. The van der Waals surface area contributed by atoms with Crippen LogP contribution in [0.4, 0.5) is 30.2 Å². The van der Waals surface area contributed by atoms with Crippen molar-refractivity contribution in [1.82, 2.24) is 4.90 Å². The van der Waals surface area contributed by atoms with E-state index in [0.717, 1.165) is 0 Å². The van der Waals surface area contributed by atoms with Crippen molar-refractivity contribution in [3.05, 3.63) is 58.9 Å². The molecule has 1 heterocycles. The largest absolute Gasteiger partial charge is 0.433 e. The van der Waals surface area contributed by atoms with Crippen molar-refractivity contribution in [2.24, 2.45) is 4.99 Å². The fourth-order valence-electron chi connectivity index (χ4n) is 2.86. The molecular formula is C21H21ClF3N5O2. The number of hydrogen-bond acceptors (Lipinski definition) is 6. The van der Waals surface area contributed by atoms with E-state index in [1.165, 1.54) is 36.4 Å². The van der Waals surface area contributed by atoms with Gasteiger partial charge in [-0.15, -0.1) is 0 Å². The molecule has 0 saturated heterocycles. The standard InChI is InChI=1S/C21H21ClF3N5O2/c1-30(2)7-3-4-19(31)29-17-9-13-16(10-18(17)32-21(24)25)26-11-27-20(13)28-12-5-6-15(23)14(22)8-12/h3-6,8-10,21,26H,7,11H2,1-2H3,(H,27,28)(H,29,31)/b4-3-. The first-order valence-corrected chi connectivity index (χ1v) is 9.86. The molecule has 32 heavy (non-hydrogen) atoms. The van der Waals surface area contributed by atoms with Gasteiger partial charge < -0.3 is 25.6 Å². The maximum Gasteiger partial charge on any atom is 0.387 e. The second-order valence-electron chi connectivity index (χ2n) is 7.02. The summed E-state index contributed by atoms with van der Waals surface area (Å²) in [6.07, 6.45) is 2.94. The van der Waals surface area contributed by atoms with Crippen LogP contribution < -0.4 is 20.7 Å². The molecule has 170 valence electrons. The maximum atomic E-state index is 13.4. The summed E-state index contributed by atoms with van der Waals surface area (Å²) < 4.78 is 43.9. The number of alkyl halides is 2. The van der Waals surface area contributed by atoms with Gasteiger partial charge in [0.05, 0.1) is 16.4 Å². The molecule has 3 rings (SSSR count). The van der Waals surface area contributed by atoms with Crippen molar-refractivity contribution in [2.45, 2.75) is 6.61 Å². The topological polar surface area (TPSA) is 78.0 Å². The molecule has 0 saturated carbocycles. The lowest BCUT2D eigenvalue weighted by Gasteiger charge is -2.22. The normalized spacial score (nSPS) is 13.1. The Bertz CT molecular complexity index is 1060. The lowest BCUT2D eigenvalue weighted by atomic mass is 10.1. The summed E-state index contributed by atoms with van der Waals surface area (Å²) in [5, 5.41) is 8.49. The summed E-state index contributed by atoms with van der Waals surface area (Å²) in [6.45, 7) is -2.38. The van der Waals surface area contributed by atoms with Crippen molar-refractivity contribution in [2.75, 3.05) is 43.3 Å². The minimum absolute atomic E-state index is 0.0406. The van der Waals surface area contributed by atoms with E-state index >= 15 is 0 Å². The number of ether oxygens (including phenoxy) is 1. The molecule has 3 N–H and O–H groups in total. The van der Waals surface area contributed by atoms with Crippen molar-refractivity contribution in [1.29, 1.82) is 0 Å². The zero-order valence-electron chi connectivity index (χ0n) is 17.3. The predicted molar refractivity (Wildman–Crippen MR) is 119 cm³/mol. The van der Waals surface area contributed by atoms with Crippen molar-refractivity contribution in [3.63, 3.8) is 0 Å². The third-order valence-corrected chi connectivity index (χ3v) is 4.57. The number of amidine groups is 1. The van der Waals surface area contributed by atoms with E-state index in [4.69, 9.17) is 11.6 Å². The van der Waals surface area contributed by atoms with Gasteiger partial charge in [0.15, 0.2) is 5.75 Å². The second kappa shape index (κ2) is 10.4. The molecule has 1 amide bonds. The number of halogens is 4. The highest BCUT2D eigenvalue weighted by Gasteiger charge is 2.21. The zero-order valence-corrected chi connectivity index (χ0v) is 18.0. The van der Waals surface area contributed by atoms with Crippen LogP contribution in [0.25, 0.3) is 0 Å². The van der Waals surface area contributed by atoms with Crippen LogP contribution in [0.2, 0.25) is 5.02 Å². The van der Waals surface area contributed by atoms with Gasteiger partial charge in [0.25, 0.3) is 0 Å². The van der Waals surface area contributed by atoms with Gasteiger partial charge in [-0.2, -0.15) is 8.78 Å². The van der Waals surface area contributed by atoms with Crippen LogP contribution >= 0.6 is 11.6 Å². The Hall–Kier alpha value is -3.24. The second-order valence-corrected chi connectivity index (χ2v) is 7.43. The van der Waals surface area contributed by atoms with Gasteiger partial charge in [0.2, 0.25) is 5.91 Å². The number of benzene rings is 2. The minimum Gasteiger partial charge on any atom is -0.433 e. The summed E-state index contributed by atoms with van der Waals surface area (Å²) >= 11 is 5.83. The number of carbonyl (C=O) groups is 1. The number of fused-ring (bicyclic) bond motifs is 1. The van der Waals surface area contributed by atoms with Gasteiger partial charge in [-0.1, -0.05) is 17.7 Å². The van der Waals surface area contributed by atoms with Crippen molar-refractivity contribution in [3.8, 4) is 5.75 Å². The molecule has 0 fully saturated rings. The number of amides is 1. The molecule has 0 atom stereocenters. The van der Waals surface area contributed by atoms with E-state index in [1.807, 2.05) is 19.0 Å². The van der Waals surface area contributed by atoms with Gasteiger partial charge in [0.1, 0.15) is 18.3 Å². The van der Waals surface area contributed by atoms with Crippen LogP contribution in [-0.2, 0) is 4.79 Å². The highest BCUT2D eigenvalue weighted by molar-refractivity contribution is 6.31. The third kappa shape index (κ3) is 6.14. The Morgan fingerprint density at radius 2 is 2.12 bits per heavy atom.